The van der Waals surface area contributed by atoms with Crippen molar-refractivity contribution in [2.75, 3.05) is 19.8 Å². The second-order valence-corrected chi connectivity index (χ2v) is 4.90. The van der Waals surface area contributed by atoms with E-state index in [0.717, 1.165) is 5.69 Å². The fraction of sp³-hybridized carbons (Fsp3) is 0.615. The van der Waals surface area contributed by atoms with Crippen LogP contribution in [0.25, 0.3) is 0 Å². The molecule has 1 amide bonds. The molecule has 0 bridgehead atoms. The number of carbonyl (C=O) groups excluding carboxylic acids is 1. The molecule has 6 heteroatoms. The van der Waals surface area contributed by atoms with Gasteiger partial charge in [-0.3, -0.25) is 9.48 Å². The Morgan fingerprint density at radius 3 is 2.95 bits per heavy atom. The summed E-state index contributed by atoms with van der Waals surface area (Å²) in [6, 6.07) is 1.80. The zero-order valence-electron chi connectivity index (χ0n) is 11.5. The van der Waals surface area contributed by atoms with Crippen molar-refractivity contribution in [2.24, 2.45) is 0 Å². The number of aromatic nitrogens is 2. The smallest absolute Gasteiger partial charge is 0.258 e. The van der Waals surface area contributed by atoms with E-state index in [9.17, 15) is 4.79 Å². The molecule has 1 aliphatic heterocycles. The molecule has 1 aromatic rings. The Morgan fingerprint density at radius 2 is 2.37 bits per heavy atom. The molecule has 1 saturated heterocycles. The second-order valence-electron chi connectivity index (χ2n) is 4.90. The number of hydrogen-bond acceptors (Lipinski definition) is 4. The summed E-state index contributed by atoms with van der Waals surface area (Å²) in [7, 11) is 0. The number of hydrogen-bond donors (Lipinski definition) is 0. The molecule has 6 nitrogen and oxygen atoms in total. The monoisotopic (exact) mass is 262 g/mol. The highest BCUT2D eigenvalue weighted by molar-refractivity contribution is 5.95. The third-order valence-electron chi connectivity index (χ3n) is 3.30. The molecule has 0 saturated carbocycles. The van der Waals surface area contributed by atoms with Crippen molar-refractivity contribution in [3.05, 3.63) is 17.5 Å². The van der Waals surface area contributed by atoms with Crippen LogP contribution in [-0.2, 0) is 4.74 Å². The summed E-state index contributed by atoms with van der Waals surface area (Å²) >= 11 is 0. The van der Waals surface area contributed by atoms with E-state index in [-0.39, 0.29) is 18.6 Å². The van der Waals surface area contributed by atoms with Crippen molar-refractivity contribution in [3.8, 4) is 6.07 Å². The molecular formula is C13H18N4O2. The van der Waals surface area contributed by atoms with E-state index < -0.39 is 6.04 Å². The Bertz CT molecular complexity index is 515. The molecule has 0 aromatic carbocycles. The van der Waals surface area contributed by atoms with E-state index >= 15 is 0 Å². The molecule has 0 spiro atoms. The quantitative estimate of drug-likeness (QED) is 0.801. The Kier molecular flexibility index (Phi) is 3.86. The topological polar surface area (TPSA) is 71.2 Å². The normalized spacial score (nSPS) is 19.5. The van der Waals surface area contributed by atoms with Gasteiger partial charge in [0, 0.05) is 18.3 Å². The largest absolute Gasteiger partial charge is 0.376 e. The molecule has 2 rings (SSSR count). The summed E-state index contributed by atoms with van der Waals surface area (Å²) in [4.78, 5) is 14.1. The molecule has 0 radical (unpaired) electrons. The van der Waals surface area contributed by atoms with Gasteiger partial charge in [0.05, 0.1) is 31.0 Å². The van der Waals surface area contributed by atoms with Gasteiger partial charge in [0.2, 0.25) is 0 Å². The fourth-order valence-electron chi connectivity index (χ4n) is 2.26. The molecule has 1 aliphatic rings. The Labute approximate surface area is 112 Å². The van der Waals surface area contributed by atoms with E-state index in [1.165, 1.54) is 0 Å². The lowest BCUT2D eigenvalue weighted by molar-refractivity contribution is 0.0132. The van der Waals surface area contributed by atoms with Gasteiger partial charge in [-0.15, -0.1) is 0 Å². The highest BCUT2D eigenvalue weighted by Crippen LogP contribution is 2.17. The number of amides is 1. The Hall–Kier alpha value is -1.87. The molecule has 102 valence electrons. The first kappa shape index (κ1) is 13.6. The van der Waals surface area contributed by atoms with E-state index in [1.54, 1.807) is 11.1 Å². The molecule has 19 heavy (non-hydrogen) atoms. The predicted molar refractivity (Wildman–Crippen MR) is 68.6 cm³/mol. The highest BCUT2D eigenvalue weighted by atomic mass is 16.5. The summed E-state index contributed by atoms with van der Waals surface area (Å²) in [6.07, 6.45) is 1.58. The minimum absolute atomic E-state index is 0.140. The van der Waals surface area contributed by atoms with E-state index in [1.807, 2.05) is 25.5 Å². The van der Waals surface area contributed by atoms with Crippen LogP contribution in [0.2, 0.25) is 0 Å². The van der Waals surface area contributed by atoms with Crippen LogP contribution >= 0.6 is 0 Å². The lowest BCUT2D eigenvalue weighted by Gasteiger charge is -2.31. The molecule has 2 heterocycles. The van der Waals surface area contributed by atoms with Crippen LogP contribution in [0.5, 0.6) is 0 Å². The molecular weight excluding hydrogens is 244 g/mol. The van der Waals surface area contributed by atoms with Gasteiger partial charge < -0.3 is 9.64 Å². The zero-order chi connectivity index (χ0) is 14.0. The summed E-state index contributed by atoms with van der Waals surface area (Å²) < 4.78 is 7.04. The average molecular weight is 262 g/mol. The predicted octanol–water partition coefficient (Wildman–Crippen LogP) is 1.14. The van der Waals surface area contributed by atoms with Crippen LogP contribution in [0.4, 0.5) is 0 Å². The molecule has 0 aliphatic carbocycles. The number of nitrogens with zero attached hydrogens (tertiary/aromatic N) is 4. The Morgan fingerprint density at radius 1 is 1.63 bits per heavy atom. The molecule has 1 unspecified atom stereocenters. The van der Waals surface area contributed by atoms with Crippen LogP contribution in [0.3, 0.4) is 0 Å². The maximum absolute atomic E-state index is 12.5. The van der Waals surface area contributed by atoms with Gasteiger partial charge in [0.25, 0.3) is 5.91 Å². The molecule has 1 fully saturated rings. The fourth-order valence-corrected chi connectivity index (χ4v) is 2.26. The highest BCUT2D eigenvalue weighted by Gasteiger charge is 2.30. The minimum Gasteiger partial charge on any atom is -0.376 e. The van der Waals surface area contributed by atoms with Gasteiger partial charge in [-0.05, 0) is 20.8 Å². The average Bonchev–Trinajstić information content (AvgIpc) is 2.80. The molecule has 0 N–H and O–H groups in total. The number of carbonyl (C=O) groups is 1. The first-order valence-corrected chi connectivity index (χ1v) is 6.38. The first-order valence-electron chi connectivity index (χ1n) is 6.38. The van der Waals surface area contributed by atoms with Crippen LogP contribution in [0.15, 0.2) is 6.20 Å². The van der Waals surface area contributed by atoms with E-state index in [2.05, 4.69) is 11.2 Å². The summed E-state index contributed by atoms with van der Waals surface area (Å²) in [5.41, 5.74) is 1.40. The maximum Gasteiger partial charge on any atom is 0.258 e. The summed E-state index contributed by atoms with van der Waals surface area (Å²) in [5, 5.41) is 13.3. The number of rotatable bonds is 2. The van der Waals surface area contributed by atoms with Crippen molar-refractivity contribution in [1.82, 2.24) is 14.7 Å². The third-order valence-corrected chi connectivity index (χ3v) is 3.30. The van der Waals surface area contributed by atoms with Gasteiger partial charge in [-0.2, -0.15) is 10.4 Å². The van der Waals surface area contributed by atoms with Crippen molar-refractivity contribution < 1.29 is 9.53 Å². The number of morpholine rings is 1. The van der Waals surface area contributed by atoms with E-state index in [4.69, 9.17) is 10.00 Å². The van der Waals surface area contributed by atoms with Gasteiger partial charge in [-0.25, -0.2) is 0 Å². The third kappa shape index (κ3) is 2.47. The summed E-state index contributed by atoms with van der Waals surface area (Å²) in [6.45, 7) is 7.11. The Balaban J connectivity index is 2.26. The van der Waals surface area contributed by atoms with Crippen molar-refractivity contribution in [1.29, 1.82) is 5.26 Å². The van der Waals surface area contributed by atoms with Crippen LogP contribution in [-0.4, -0.2) is 46.4 Å². The van der Waals surface area contributed by atoms with Crippen LogP contribution < -0.4 is 0 Å². The van der Waals surface area contributed by atoms with Crippen LogP contribution in [0, 0.1) is 18.3 Å². The SMILES string of the molecule is Cc1c(C(=O)N2CCOCC2C#N)cnn1C(C)C. The van der Waals surface area contributed by atoms with Gasteiger partial charge in [-0.1, -0.05) is 0 Å². The maximum atomic E-state index is 12.5. The second kappa shape index (κ2) is 5.41. The van der Waals surface area contributed by atoms with Gasteiger partial charge >= 0.3 is 0 Å². The summed E-state index contributed by atoms with van der Waals surface area (Å²) in [5.74, 6) is -0.140. The zero-order valence-corrected chi connectivity index (χ0v) is 11.5. The van der Waals surface area contributed by atoms with Crippen molar-refractivity contribution in [3.63, 3.8) is 0 Å². The lowest BCUT2D eigenvalue weighted by atomic mass is 10.1. The molecule has 1 aromatic heterocycles. The minimum atomic E-state index is -0.511. The standard InChI is InChI=1S/C13H18N4O2/c1-9(2)17-10(3)12(7-15-17)13(18)16-4-5-19-8-11(16)6-14/h7,9,11H,4-5,8H2,1-3H3. The molecule has 1 atom stereocenters. The van der Waals surface area contributed by atoms with Crippen molar-refractivity contribution in [2.45, 2.75) is 32.9 Å². The van der Waals surface area contributed by atoms with Gasteiger partial charge in [0.1, 0.15) is 6.04 Å². The van der Waals surface area contributed by atoms with E-state index in [0.29, 0.717) is 18.7 Å². The van der Waals surface area contributed by atoms with Crippen LogP contribution in [0.1, 0.15) is 35.9 Å². The number of ether oxygens (including phenoxy) is 1. The van der Waals surface area contributed by atoms with Crippen molar-refractivity contribution >= 4 is 5.91 Å². The van der Waals surface area contributed by atoms with Gasteiger partial charge in [0.15, 0.2) is 0 Å². The lowest BCUT2D eigenvalue weighted by Crippen LogP contribution is -2.48. The number of nitriles is 1. The first-order chi connectivity index (χ1) is 9.06.